The molecule has 0 bridgehead atoms. The van der Waals surface area contributed by atoms with Crippen LogP contribution in [0.1, 0.15) is 17.4 Å². The molecule has 0 amide bonds. The van der Waals surface area contributed by atoms with Crippen molar-refractivity contribution in [1.82, 2.24) is 19.5 Å². The van der Waals surface area contributed by atoms with E-state index in [9.17, 15) is 0 Å². The Hall–Kier alpha value is -2.93. The summed E-state index contributed by atoms with van der Waals surface area (Å²) < 4.78 is 7.56. The van der Waals surface area contributed by atoms with Gasteiger partial charge in [-0.1, -0.05) is 18.2 Å². The van der Waals surface area contributed by atoms with Gasteiger partial charge in [0.05, 0.1) is 12.5 Å². The average Bonchev–Trinajstić information content (AvgIpc) is 3.29. The van der Waals surface area contributed by atoms with E-state index in [0.29, 0.717) is 0 Å². The van der Waals surface area contributed by atoms with Gasteiger partial charge in [0, 0.05) is 25.0 Å². The molecular formula is C18H17N5OS. The highest BCUT2D eigenvalue weighted by Crippen LogP contribution is 2.33. The molecule has 0 aliphatic rings. The van der Waals surface area contributed by atoms with Gasteiger partial charge in [0.25, 0.3) is 0 Å². The number of fused-ring (bicyclic) bond motifs is 1. The largest absolute Gasteiger partial charge is 0.496 e. The molecule has 0 fully saturated rings. The van der Waals surface area contributed by atoms with Crippen LogP contribution < -0.4 is 10.1 Å². The van der Waals surface area contributed by atoms with Gasteiger partial charge in [-0.3, -0.25) is 0 Å². The Balaban J connectivity index is 1.84. The van der Waals surface area contributed by atoms with Crippen LogP contribution in [0.15, 0.2) is 54.4 Å². The maximum atomic E-state index is 5.57. The van der Waals surface area contributed by atoms with E-state index < -0.39 is 0 Å². The van der Waals surface area contributed by atoms with Gasteiger partial charge >= 0.3 is 0 Å². The minimum atomic E-state index is -0.200. The first kappa shape index (κ1) is 15.6. The number of para-hydroxylation sites is 1. The quantitative estimate of drug-likeness (QED) is 0.595. The van der Waals surface area contributed by atoms with Crippen molar-refractivity contribution in [2.24, 2.45) is 7.05 Å². The predicted octanol–water partition coefficient (Wildman–Crippen LogP) is 3.63. The molecule has 0 saturated heterocycles. The number of nitrogens with one attached hydrogen (secondary N) is 1. The third-order valence-electron chi connectivity index (χ3n) is 4.11. The standard InChI is InChI=1S/C18H17N5OS/c1-23-9-8-19-17(23)15(12-5-3-4-6-14(12)24-2)22-16-13-7-10-25-18(13)21-11-20-16/h3-11,15H,1-2H3,(H,20,21,22). The molecular weight excluding hydrogens is 334 g/mol. The number of thiophene rings is 1. The molecule has 0 radical (unpaired) electrons. The number of imidazole rings is 1. The predicted molar refractivity (Wildman–Crippen MR) is 99.1 cm³/mol. The van der Waals surface area contributed by atoms with E-state index >= 15 is 0 Å². The number of ether oxygens (including phenoxy) is 1. The van der Waals surface area contributed by atoms with Gasteiger partial charge in [0.15, 0.2) is 0 Å². The lowest BCUT2D eigenvalue weighted by Crippen LogP contribution is -2.18. The lowest BCUT2D eigenvalue weighted by atomic mass is 10.0. The van der Waals surface area contributed by atoms with Crippen molar-refractivity contribution in [2.45, 2.75) is 6.04 Å². The Morgan fingerprint density at radius 1 is 1.16 bits per heavy atom. The minimum absolute atomic E-state index is 0.200. The van der Waals surface area contributed by atoms with Gasteiger partial charge < -0.3 is 14.6 Å². The number of methoxy groups -OCH3 is 1. The number of hydrogen-bond acceptors (Lipinski definition) is 6. The Kier molecular flexibility index (Phi) is 4.07. The van der Waals surface area contributed by atoms with Crippen LogP contribution in [0.2, 0.25) is 0 Å². The molecule has 126 valence electrons. The van der Waals surface area contributed by atoms with E-state index in [0.717, 1.165) is 33.2 Å². The summed E-state index contributed by atoms with van der Waals surface area (Å²) in [7, 11) is 3.66. The van der Waals surface area contributed by atoms with E-state index in [1.807, 2.05) is 53.5 Å². The molecule has 1 N–H and O–H groups in total. The molecule has 0 spiro atoms. The maximum absolute atomic E-state index is 5.57. The summed E-state index contributed by atoms with van der Waals surface area (Å²) in [6.45, 7) is 0. The fourth-order valence-electron chi connectivity index (χ4n) is 2.88. The van der Waals surface area contributed by atoms with Crippen LogP contribution in [-0.2, 0) is 7.05 Å². The maximum Gasteiger partial charge on any atom is 0.139 e. The van der Waals surface area contributed by atoms with Crippen molar-refractivity contribution in [3.63, 3.8) is 0 Å². The van der Waals surface area contributed by atoms with Crippen molar-refractivity contribution in [3.05, 3.63) is 65.8 Å². The Morgan fingerprint density at radius 2 is 2.04 bits per heavy atom. The molecule has 3 heterocycles. The molecule has 6 nitrogen and oxygen atoms in total. The number of hydrogen-bond donors (Lipinski definition) is 1. The summed E-state index contributed by atoms with van der Waals surface area (Å²) in [6, 6.07) is 9.77. The molecule has 1 atom stereocenters. The summed E-state index contributed by atoms with van der Waals surface area (Å²) in [5.74, 6) is 2.47. The van der Waals surface area contributed by atoms with Crippen LogP contribution in [-0.4, -0.2) is 26.6 Å². The molecule has 25 heavy (non-hydrogen) atoms. The number of nitrogens with zero attached hydrogens (tertiary/aromatic N) is 4. The van der Waals surface area contributed by atoms with Gasteiger partial charge in [-0.05, 0) is 17.5 Å². The van der Waals surface area contributed by atoms with Gasteiger partial charge in [-0.15, -0.1) is 11.3 Å². The van der Waals surface area contributed by atoms with E-state index in [2.05, 4.69) is 20.3 Å². The van der Waals surface area contributed by atoms with Crippen molar-refractivity contribution in [1.29, 1.82) is 0 Å². The number of aromatic nitrogens is 4. The van der Waals surface area contributed by atoms with Crippen LogP contribution in [0.5, 0.6) is 5.75 Å². The first-order valence-corrected chi connectivity index (χ1v) is 8.71. The highest BCUT2D eigenvalue weighted by atomic mass is 32.1. The van der Waals surface area contributed by atoms with E-state index in [-0.39, 0.29) is 6.04 Å². The molecule has 0 aliphatic heterocycles. The van der Waals surface area contributed by atoms with Crippen LogP contribution in [0.3, 0.4) is 0 Å². The molecule has 7 heteroatoms. The Labute approximate surface area is 149 Å². The fourth-order valence-corrected chi connectivity index (χ4v) is 3.62. The van der Waals surface area contributed by atoms with Crippen molar-refractivity contribution in [3.8, 4) is 5.75 Å². The molecule has 3 aromatic heterocycles. The molecule has 0 aliphatic carbocycles. The van der Waals surface area contributed by atoms with Crippen LogP contribution >= 0.6 is 11.3 Å². The van der Waals surface area contributed by atoms with Gasteiger partial charge in [0.2, 0.25) is 0 Å². The second-order valence-electron chi connectivity index (χ2n) is 5.58. The zero-order valence-corrected chi connectivity index (χ0v) is 14.7. The monoisotopic (exact) mass is 351 g/mol. The van der Waals surface area contributed by atoms with Crippen molar-refractivity contribution in [2.75, 3.05) is 12.4 Å². The second kappa shape index (κ2) is 6.52. The molecule has 1 unspecified atom stereocenters. The van der Waals surface area contributed by atoms with E-state index in [1.165, 1.54) is 0 Å². The minimum Gasteiger partial charge on any atom is -0.496 e. The number of aryl methyl sites for hydroxylation is 1. The first-order chi connectivity index (χ1) is 12.3. The first-order valence-electron chi connectivity index (χ1n) is 7.83. The zero-order valence-electron chi connectivity index (χ0n) is 13.9. The number of anilines is 1. The van der Waals surface area contributed by atoms with Gasteiger partial charge in [0.1, 0.15) is 34.6 Å². The third-order valence-corrected chi connectivity index (χ3v) is 4.93. The summed E-state index contributed by atoms with van der Waals surface area (Å²) >= 11 is 1.60. The summed E-state index contributed by atoms with van der Waals surface area (Å²) in [5, 5.41) is 6.55. The summed E-state index contributed by atoms with van der Waals surface area (Å²) in [6.07, 6.45) is 5.30. The SMILES string of the molecule is COc1ccccc1C(Nc1ncnc2sccc12)c1nccn1C. The highest BCUT2D eigenvalue weighted by Gasteiger charge is 2.23. The molecule has 1 aromatic carbocycles. The van der Waals surface area contributed by atoms with E-state index in [1.54, 1.807) is 31.0 Å². The topological polar surface area (TPSA) is 64.9 Å². The smallest absolute Gasteiger partial charge is 0.139 e. The zero-order chi connectivity index (χ0) is 17.2. The van der Waals surface area contributed by atoms with Crippen molar-refractivity contribution >= 4 is 27.4 Å². The summed E-state index contributed by atoms with van der Waals surface area (Å²) in [5.41, 5.74) is 1.00. The second-order valence-corrected chi connectivity index (χ2v) is 6.47. The van der Waals surface area contributed by atoms with Gasteiger partial charge in [-0.25, -0.2) is 15.0 Å². The lowest BCUT2D eigenvalue weighted by Gasteiger charge is -2.22. The molecule has 0 saturated carbocycles. The van der Waals surface area contributed by atoms with Crippen LogP contribution in [0, 0.1) is 0 Å². The van der Waals surface area contributed by atoms with Crippen LogP contribution in [0.25, 0.3) is 10.2 Å². The van der Waals surface area contributed by atoms with Gasteiger partial charge in [-0.2, -0.15) is 0 Å². The van der Waals surface area contributed by atoms with Crippen LogP contribution in [0.4, 0.5) is 5.82 Å². The highest BCUT2D eigenvalue weighted by molar-refractivity contribution is 7.16. The lowest BCUT2D eigenvalue weighted by molar-refractivity contribution is 0.408. The Bertz CT molecular complexity index is 1010. The Morgan fingerprint density at radius 3 is 2.84 bits per heavy atom. The third kappa shape index (κ3) is 2.83. The summed E-state index contributed by atoms with van der Waals surface area (Å²) in [4.78, 5) is 14.3. The molecule has 4 rings (SSSR count). The normalized spacial score (nSPS) is 12.2. The average molecular weight is 351 g/mol. The number of benzene rings is 1. The van der Waals surface area contributed by atoms with E-state index in [4.69, 9.17) is 4.74 Å². The molecule has 4 aromatic rings. The fraction of sp³-hybridized carbons (Fsp3) is 0.167. The van der Waals surface area contributed by atoms with Crippen molar-refractivity contribution < 1.29 is 4.74 Å². The number of rotatable bonds is 5.